The number of hydrogen-bond acceptors (Lipinski definition) is 17. The minimum atomic E-state index is -1.87. The zero-order chi connectivity index (χ0) is 32.9. The first-order chi connectivity index (χ1) is 20.7. The smallest absolute Gasteiger partial charge is 0.187 e. The van der Waals surface area contributed by atoms with Gasteiger partial charge in [0, 0.05) is 14.2 Å². The first-order valence-electron chi connectivity index (χ1n) is 14.4. The van der Waals surface area contributed by atoms with Crippen LogP contribution in [0.1, 0.15) is 0 Å². The van der Waals surface area contributed by atoms with Crippen LogP contribution in [0.15, 0.2) is 0 Å². The summed E-state index contributed by atoms with van der Waals surface area (Å²) in [6.07, 6.45) is -23.3. The summed E-state index contributed by atoms with van der Waals surface area (Å²) in [6.45, 7) is -1.43. The summed E-state index contributed by atoms with van der Waals surface area (Å²) in [6, 6.07) is 0. The van der Waals surface area contributed by atoms with E-state index in [4.69, 9.17) is 37.9 Å². The molecule has 0 aromatic carbocycles. The molecule has 0 amide bonds. The van der Waals surface area contributed by atoms with Crippen LogP contribution in [0, 0.1) is 0 Å². The van der Waals surface area contributed by atoms with E-state index < -0.39 is 111 Å². The lowest BCUT2D eigenvalue weighted by Crippen LogP contribution is -2.66. The summed E-state index contributed by atoms with van der Waals surface area (Å²) in [5.41, 5.74) is 0. The van der Waals surface area contributed by atoms with Crippen LogP contribution in [0.25, 0.3) is 0 Å². The molecule has 0 spiro atoms. The van der Waals surface area contributed by atoms with Crippen molar-refractivity contribution in [3.63, 3.8) is 0 Å². The second-order valence-corrected chi connectivity index (χ2v) is 12.2. The van der Waals surface area contributed by atoms with Crippen molar-refractivity contribution in [2.45, 2.75) is 98.2 Å². The molecule has 0 bridgehead atoms. The fraction of sp³-hybridized carbons (Fsp3) is 1.00. The van der Waals surface area contributed by atoms with Crippen LogP contribution < -0.4 is 0 Å². The third kappa shape index (κ3) is 9.00. The highest BCUT2D eigenvalue weighted by molar-refractivity contribution is 4.96. The van der Waals surface area contributed by atoms with E-state index in [9.17, 15) is 46.0 Å². The van der Waals surface area contributed by atoms with Gasteiger partial charge in [0.2, 0.25) is 0 Å². The minimum absolute atomic E-state index is 0.151. The standard InChI is InChI=1S/C26H50NO17/c1-27(2,3)6-11(30)9-39-10-14-23(44-25-19(35)15(31)21(37-4)12(7-28)41-25)17(33)20(36)26(42-14)43-22-13(8-29)40-24(38-5)18(34)16(22)32/h11-26,28-36H,6-10H2,1-5H3/q+1/t11?,12?,13?,14?,15-,16+,17+,18?,19?,20?,21+,22-,23-,24+,25-,26+/m0/s1. The number of hydrogen-bond donors (Lipinski definition) is 9. The number of methoxy groups -OCH3 is 2. The molecular formula is C26H50NO17+. The second-order valence-electron chi connectivity index (χ2n) is 12.2. The Bertz CT molecular complexity index is 848. The summed E-state index contributed by atoms with van der Waals surface area (Å²) in [5, 5.41) is 94.3. The molecule has 18 heteroatoms. The average Bonchev–Trinajstić information content (AvgIpc) is 2.96. The molecule has 9 N–H and O–H groups in total. The van der Waals surface area contributed by atoms with E-state index in [1.54, 1.807) is 0 Å². The maximum atomic E-state index is 11.2. The van der Waals surface area contributed by atoms with Gasteiger partial charge in [-0.3, -0.25) is 0 Å². The maximum absolute atomic E-state index is 11.2. The number of ether oxygens (including phenoxy) is 8. The van der Waals surface area contributed by atoms with Crippen molar-refractivity contribution in [2.24, 2.45) is 0 Å². The summed E-state index contributed by atoms with van der Waals surface area (Å²) in [7, 11) is 8.12. The summed E-state index contributed by atoms with van der Waals surface area (Å²) >= 11 is 0. The molecule has 44 heavy (non-hydrogen) atoms. The van der Waals surface area contributed by atoms with Gasteiger partial charge in [-0.15, -0.1) is 0 Å². The maximum Gasteiger partial charge on any atom is 0.187 e. The van der Waals surface area contributed by atoms with Crippen LogP contribution in [0.3, 0.4) is 0 Å². The van der Waals surface area contributed by atoms with Gasteiger partial charge in [0.05, 0.1) is 47.6 Å². The predicted molar refractivity (Wildman–Crippen MR) is 143 cm³/mol. The zero-order valence-electron chi connectivity index (χ0n) is 25.5. The number of aliphatic hydroxyl groups excluding tert-OH is 9. The van der Waals surface area contributed by atoms with Crippen LogP contribution in [-0.2, 0) is 37.9 Å². The van der Waals surface area contributed by atoms with Crippen molar-refractivity contribution in [3.05, 3.63) is 0 Å². The molecule has 0 aromatic heterocycles. The summed E-state index contributed by atoms with van der Waals surface area (Å²) in [4.78, 5) is 0. The van der Waals surface area contributed by atoms with Gasteiger partial charge in [-0.1, -0.05) is 0 Å². The fourth-order valence-electron chi connectivity index (χ4n) is 5.51. The van der Waals surface area contributed by atoms with Crippen LogP contribution >= 0.6 is 0 Å². The Kier molecular flexibility index (Phi) is 14.1. The SMILES string of the molecule is CO[C@@H]1OC(CO)[C@H](O[C@H]2OC(COCC(O)C[N+](C)(C)C)[C@H](O[C@@H]3OC(CO)[C@@H](OC)[C@@H](O)C3O)[C@H](O)C2O)[C@H](O)C1O. The molecule has 0 aromatic rings. The lowest BCUT2D eigenvalue weighted by Gasteiger charge is -2.48. The van der Waals surface area contributed by atoms with Crippen LogP contribution in [0.4, 0.5) is 0 Å². The Morgan fingerprint density at radius 2 is 1.05 bits per heavy atom. The van der Waals surface area contributed by atoms with Gasteiger partial charge in [-0.25, -0.2) is 0 Å². The van der Waals surface area contributed by atoms with E-state index in [0.717, 1.165) is 0 Å². The highest BCUT2D eigenvalue weighted by atomic mass is 16.8. The van der Waals surface area contributed by atoms with Crippen molar-refractivity contribution in [3.8, 4) is 0 Å². The molecule has 0 aliphatic carbocycles. The van der Waals surface area contributed by atoms with Gasteiger partial charge < -0.3 is 88.3 Å². The normalized spacial score (nSPS) is 44.5. The molecule has 3 aliphatic rings. The molecule has 3 aliphatic heterocycles. The quantitative estimate of drug-likeness (QED) is 0.0794. The molecule has 3 saturated heterocycles. The highest BCUT2D eigenvalue weighted by Gasteiger charge is 2.53. The topological polar surface area (TPSA) is 256 Å². The third-order valence-electron chi connectivity index (χ3n) is 7.72. The number of quaternary nitrogens is 1. The first-order valence-corrected chi connectivity index (χ1v) is 14.4. The van der Waals surface area contributed by atoms with E-state index in [2.05, 4.69) is 0 Å². The van der Waals surface area contributed by atoms with Crippen molar-refractivity contribution >= 4 is 0 Å². The lowest BCUT2D eigenvalue weighted by molar-refractivity contribution is -0.873. The molecule has 7 unspecified atom stereocenters. The fourth-order valence-corrected chi connectivity index (χ4v) is 5.51. The van der Waals surface area contributed by atoms with E-state index in [0.29, 0.717) is 11.0 Å². The van der Waals surface area contributed by atoms with Gasteiger partial charge in [0.25, 0.3) is 0 Å². The average molecular weight is 649 g/mol. The van der Waals surface area contributed by atoms with E-state index in [1.807, 2.05) is 21.1 Å². The Balaban J connectivity index is 1.80. The third-order valence-corrected chi connectivity index (χ3v) is 7.72. The van der Waals surface area contributed by atoms with E-state index in [-0.39, 0.29) is 13.2 Å². The number of nitrogens with zero attached hydrogens (tertiary/aromatic N) is 1. The van der Waals surface area contributed by atoms with Crippen LogP contribution in [0.5, 0.6) is 0 Å². The van der Waals surface area contributed by atoms with Crippen LogP contribution in [0.2, 0.25) is 0 Å². The Labute approximate surface area is 255 Å². The summed E-state index contributed by atoms with van der Waals surface area (Å²) in [5.74, 6) is 0. The van der Waals surface area contributed by atoms with Gasteiger partial charge in [0.15, 0.2) is 18.9 Å². The Morgan fingerprint density at radius 3 is 1.52 bits per heavy atom. The first kappa shape index (κ1) is 37.7. The van der Waals surface area contributed by atoms with Gasteiger partial charge in [-0.2, -0.15) is 0 Å². The Hall–Kier alpha value is -0.720. The van der Waals surface area contributed by atoms with Crippen molar-refractivity contribution in [1.29, 1.82) is 0 Å². The molecule has 0 saturated carbocycles. The van der Waals surface area contributed by atoms with Gasteiger partial charge >= 0.3 is 0 Å². The molecule has 0 radical (unpaired) electrons. The molecule has 3 fully saturated rings. The van der Waals surface area contributed by atoms with Gasteiger partial charge in [-0.05, 0) is 0 Å². The molecule has 260 valence electrons. The van der Waals surface area contributed by atoms with E-state index >= 15 is 0 Å². The predicted octanol–water partition coefficient (Wildman–Crippen LogP) is -6.17. The number of rotatable bonds is 14. The molecular weight excluding hydrogens is 598 g/mol. The lowest BCUT2D eigenvalue weighted by atomic mass is 9.96. The number of aliphatic hydroxyl groups is 9. The molecule has 3 heterocycles. The number of likely N-dealkylation sites (N-methyl/N-ethyl adjacent to an activating group) is 1. The molecule has 3 rings (SSSR count). The summed E-state index contributed by atoms with van der Waals surface area (Å²) < 4.78 is 44.7. The minimum Gasteiger partial charge on any atom is -0.394 e. The molecule has 16 atom stereocenters. The van der Waals surface area contributed by atoms with Crippen LogP contribution in [-0.4, -0.2) is 217 Å². The van der Waals surface area contributed by atoms with E-state index in [1.165, 1.54) is 14.2 Å². The van der Waals surface area contributed by atoms with Crippen molar-refractivity contribution in [1.82, 2.24) is 0 Å². The molecule has 18 nitrogen and oxygen atoms in total. The Morgan fingerprint density at radius 1 is 0.614 bits per heavy atom. The van der Waals surface area contributed by atoms with Crippen molar-refractivity contribution < 1.29 is 88.3 Å². The van der Waals surface area contributed by atoms with Crippen molar-refractivity contribution in [2.75, 3.05) is 68.3 Å². The zero-order valence-corrected chi connectivity index (χ0v) is 25.5. The highest BCUT2D eigenvalue weighted by Crippen LogP contribution is 2.33. The monoisotopic (exact) mass is 648 g/mol. The second kappa shape index (κ2) is 16.4. The van der Waals surface area contributed by atoms with Gasteiger partial charge in [0.1, 0.15) is 85.9 Å². The largest absolute Gasteiger partial charge is 0.394 e.